The largest absolute Gasteiger partial charge is 0.486 e. The van der Waals surface area contributed by atoms with Crippen molar-refractivity contribution in [2.75, 3.05) is 13.2 Å². The molecule has 4 heteroatoms. The summed E-state index contributed by atoms with van der Waals surface area (Å²) in [6.45, 7) is 3.83. The van der Waals surface area contributed by atoms with Gasteiger partial charge in [-0.2, -0.15) is 0 Å². The van der Waals surface area contributed by atoms with Crippen molar-refractivity contribution in [3.63, 3.8) is 0 Å². The maximum atomic E-state index is 12.5. The molecule has 1 saturated carbocycles. The third kappa shape index (κ3) is 4.01. The van der Waals surface area contributed by atoms with Crippen LogP contribution in [0.1, 0.15) is 41.9 Å². The molecule has 2 aromatic carbocycles. The van der Waals surface area contributed by atoms with Gasteiger partial charge >= 0.3 is 0 Å². The van der Waals surface area contributed by atoms with E-state index in [0.29, 0.717) is 32.1 Å². The summed E-state index contributed by atoms with van der Waals surface area (Å²) >= 11 is 0. The van der Waals surface area contributed by atoms with E-state index in [1.807, 2.05) is 6.07 Å². The lowest BCUT2D eigenvalue weighted by atomic mass is 9.90. The topological polar surface area (TPSA) is 47.6 Å². The lowest BCUT2D eigenvalue weighted by Crippen LogP contribution is -2.25. The van der Waals surface area contributed by atoms with Crippen molar-refractivity contribution in [1.29, 1.82) is 0 Å². The Balaban J connectivity index is 1.40. The smallest absolute Gasteiger partial charge is 0.220 e. The molecule has 1 aliphatic heterocycles. The molecule has 1 N–H and O–H groups in total. The van der Waals surface area contributed by atoms with Crippen LogP contribution in [0, 0.1) is 12.8 Å². The molecule has 0 aromatic heterocycles. The second kappa shape index (κ2) is 7.40. The quantitative estimate of drug-likeness (QED) is 0.857. The van der Waals surface area contributed by atoms with Crippen molar-refractivity contribution in [3.8, 4) is 11.5 Å². The number of ether oxygens (including phenoxy) is 2. The van der Waals surface area contributed by atoms with Gasteiger partial charge in [0.2, 0.25) is 5.91 Å². The van der Waals surface area contributed by atoms with Crippen molar-refractivity contribution in [1.82, 2.24) is 5.32 Å². The number of carbonyl (C=O) groups excluding carboxylic acids is 1. The molecule has 1 unspecified atom stereocenters. The number of rotatable bonds is 6. The van der Waals surface area contributed by atoms with Crippen LogP contribution in [0.5, 0.6) is 11.5 Å². The third-order valence-electron chi connectivity index (χ3n) is 5.20. The fourth-order valence-electron chi connectivity index (χ4n) is 3.52. The van der Waals surface area contributed by atoms with E-state index in [-0.39, 0.29) is 11.8 Å². The summed E-state index contributed by atoms with van der Waals surface area (Å²) in [6.07, 6.45) is 2.92. The molecule has 0 bridgehead atoms. The normalized spacial score (nSPS) is 16.8. The van der Waals surface area contributed by atoms with Gasteiger partial charge in [-0.25, -0.2) is 0 Å². The molecule has 26 heavy (non-hydrogen) atoms. The Morgan fingerprint density at radius 2 is 1.81 bits per heavy atom. The average molecular weight is 351 g/mol. The van der Waals surface area contributed by atoms with Crippen LogP contribution >= 0.6 is 0 Å². The predicted octanol–water partition coefficient (Wildman–Crippen LogP) is 3.97. The van der Waals surface area contributed by atoms with Gasteiger partial charge in [-0.05, 0) is 54.9 Å². The summed E-state index contributed by atoms with van der Waals surface area (Å²) in [7, 11) is 0. The number of amides is 1. The second-order valence-electron chi connectivity index (χ2n) is 7.31. The molecule has 4 rings (SSSR count). The first kappa shape index (κ1) is 17.0. The van der Waals surface area contributed by atoms with Crippen LogP contribution in [0.15, 0.2) is 42.5 Å². The van der Waals surface area contributed by atoms with E-state index in [1.54, 1.807) is 0 Å². The van der Waals surface area contributed by atoms with E-state index in [0.717, 1.165) is 17.1 Å². The summed E-state index contributed by atoms with van der Waals surface area (Å²) in [5, 5.41) is 3.07. The van der Waals surface area contributed by atoms with Crippen LogP contribution in [0.3, 0.4) is 0 Å². The van der Waals surface area contributed by atoms with Crippen molar-refractivity contribution < 1.29 is 14.3 Å². The minimum atomic E-state index is 0.109. The summed E-state index contributed by atoms with van der Waals surface area (Å²) in [5.74, 6) is 2.57. The summed E-state index contributed by atoms with van der Waals surface area (Å²) < 4.78 is 11.3. The highest BCUT2D eigenvalue weighted by Crippen LogP contribution is 2.46. The van der Waals surface area contributed by atoms with E-state index in [2.05, 4.69) is 48.6 Å². The Bertz CT molecular complexity index is 780. The van der Waals surface area contributed by atoms with Crippen LogP contribution < -0.4 is 14.8 Å². The first-order chi connectivity index (χ1) is 12.7. The number of hydrogen-bond donors (Lipinski definition) is 1. The number of carbonyl (C=O) groups is 1. The first-order valence-corrected chi connectivity index (χ1v) is 9.41. The van der Waals surface area contributed by atoms with E-state index in [9.17, 15) is 4.79 Å². The van der Waals surface area contributed by atoms with Crippen molar-refractivity contribution in [3.05, 3.63) is 59.2 Å². The van der Waals surface area contributed by atoms with Gasteiger partial charge in [-0.3, -0.25) is 4.79 Å². The minimum absolute atomic E-state index is 0.109. The fourth-order valence-corrected chi connectivity index (χ4v) is 3.52. The summed E-state index contributed by atoms with van der Waals surface area (Å²) in [4.78, 5) is 12.5. The monoisotopic (exact) mass is 351 g/mol. The van der Waals surface area contributed by atoms with E-state index >= 15 is 0 Å². The molecule has 2 aromatic rings. The highest BCUT2D eigenvalue weighted by molar-refractivity contribution is 5.77. The van der Waals surface area contributed by atoms with E-state index < -0.39 is 0 Å². The molecule has 1 atom stereocenters. The zero-order chi connectivity index (χ0) is 17.9. The van der Waals surface area contributed by atoms with Gasteiger partial charge in [0.15, 0.2) is 11.5 Å². The van der Waals surface area contributed by atoms with Gasteiger partial charge < -0.3 is 14.8 Å². The number of nitrogens with one attached hydrogen (secondary N) is 1. The maximum Gasteiger partial charge on any atom is 0.220 e. The van der Waals surface area contributed by atoms with Crippen molar-refractivity contribution in [2.45, 2.75) is 38.6 Å². The van der Waals surface area contributed by atoms with E-state index in [4.69, 9.17) is 9.47 Å². The third-order valence-corrected chi connectivity index (χ3v) is 5.20. The zero-order valence-electron chi connectivity index (χ0n) is 15.2. The standard InChI is InChI=1S/C22H25NO3/c1-15-2-4-16(5-3-15)14-23-22(24)13-19(17-6-7-17)18-8-9-20-21(12-18)26-11-10-25-20/h2-5,8-9,12,17,19H,6-7,10-11,13-14H2,1H3,(H,23,24). The Kier molecular flexibility index (Phi) is 4.83. The maximum absolute atomic E-state index is 12.5. The van der Waals surface area contributed by atoms with Gasteiger partial charge in [0.05, 0.1) is 0 Å². The molecule has 1 fully saturated rings. The lowest BCUT2D eigenvalue weighted by molar-refractivity contribution is -0.121. The average Bonchev–Trinajstić information content (AvgIpc) is 3.50. The van der Waals surface area contributed by atoms with Crippen LogP contribution in [-0.4, -0.2) is 19.1 Å². The fraction of sp³-hybridized carbons (Fsp3) is 0.409. The zero-order valence-corrected chi connectivity index (χ0v) is 15.2. The second-order valence-corrected chi connectivity index (χ2v) is 7.31. The van der Waals surface area contributed by atoms with Crippen LogP contribution in [0.25, 0.3) is 0 Å². The predicted molar refractivity (Wildman–Crippen MR) is 101 cm³/mol. The lowest BCUT2D eigenvalue weighted by Gasteiger charge is -2.22. The minimum Gasteiger partial charge on any atom is -0.486 e. The van der Waals surface area contributed by atoms with Crippen LogP contribution in [0.4, 0.5) is 0 Å². The number of aryl methyl sites for hydroxylation is 1. The molecule has 0 spiro atoms. The van der Waals surface area contributed by atoms with Gasteiger partial charge in [-0.1, -0.05) is 35.9 Å². The SMILES string of the molecule is Cc1ccc(CNC(=O)CC(c2ccc3c(c2)OCCO3)C2CC2)cc1. The highest BCUT2D eigenvalue weighted by Gasteiger charge is 2.34. The summed E-state index contributed by atoms with van der Waals surface area (Å²) in [5.41, 5.74) is 3.54. The summed E-state index contributed by atoms with van der Waals surface area (Å²) in [6, 6.07) is 14.4. The molecule has 0 radical (unpaired) electrons. The van der Waals surface area contributed by atoms with Crippen molar-refractivity contribution in [2.24, 2.45) is 5.92 Å². The molecule has 136 valence electrons. The van der Waals surface area contributed by atoms with Crippen LogP contribution in [0.2, 0.25) is 0 Å². The Hall–Kier alpha value is -2.49. The van der Waals surface area contributed by atoms with Gasteiger partial charge in [-0.15, -0.1) is 0 Å². The van der Waals surface area contributed by atoms with Crippen molar-refractivity contribution >= 4 is 5.91 Å². The number of fused-ring (bicyclic) bond motifs is 1. The molecule has 4 nitrogen and oxygen atoms in total. The first-order valence-electron chi connectivity index (χ1n) is 9.41. The molecule has 1 aliphatic carbocycles. The van der Waals surface area contributed by atoms with E-state index in [1.165, 1.54) is 24.0 Å². The number of benzene rings is 2. The Labute approximate surface area is 154 Å². The van der Waals surface area contributed by atoms with Crippen LogP contribution in [-0.2, 0) is 11.3 Å². The highest BCUT2D eigenvalue weighted by atomic mass is 16.6. The molecular formula is C22H25NO3. The number of hydrogen-bond acceptors (Lipinski definition) is 3. The molecule has 0 saturated heterocycles. The Morgan fingerprint density at radius 1 is 1.08 bits per heavy atom. The molecule has 1 amide bonds. The Morgan fingerprint density at radius 3 is 2.54 bits per heavy atom. The van der Waals surface area contributed by atoms with Gasteiger partial charge in [0.1, 0.15) is 13.2 Å². The van der Waals surface area contributed by atoms with Gasteiger partial charge in [0, 0.05) is 13.0 Å². The molecular weight excluding hydrogens is 326 g/mol. The molecule has 1 heterocycles. The molecule has 2 aliphatic rings. The van der Waals surface area contributed by atoms with Gasteiger partial charge in [0.25, 0.3) is 0 Å².